The number of aliphatic imine (C=N–C) groups is 2. The highest BCUT2D eigenvalue weighted by atomic mass is 16.3. The minimum Gasteiger partial charge on any atom is -0.459 e. The zero-order chi connectivity index (χ0) is 21.5. The fourth-order valence-corrected chi connectivity index (χ4v) is 3.28. The van der Waals surface area contributed by atoms with Crippen LogP contribution in [0.5, 0.6) is 0 Å². The second-order valence-electron chi connectivity index (χ2n) is 7.12. The summed E-state index contributed by atoms with van der Waals surface area (Å²) in [6, 6.07) is 12.5. The van der Waals surface area contributed by atoms with Gasteiger partial charge in [0.2, 0.25) is 0 Å². The van der Waals surface area contributed by atoms with Crippen LogP contribution in [-0.4, -0.2) is 39.6 Å². The lowest BCUT2D eigenvalue weighted by molar-refractivity contribution is -0.118. The minimum absolute atomic E-state index is 0.0432. The molecule has 0 saturated carbocycles. The molecule has 1 atom stereocenters. The van der Waals surface area contributed by atoms with Gasteiger partial charge in [-0.1, -0.05) is 17.7 Å². The first-order valence-electron chi connectivity index (χ1n) is 9.53. The molecule has 0 radical (unpaired) electrons. The van der Waals surface area contributed by atoms with Crippen LogP contribution in [0.2, 0.25) is 0 Å². The van der Waals surface area contributed by atoms with Crippen LogP contribution in [0.25, 0.3) is 0 Å². The number of carbonyl (C=O) groups excluding carboxylic acids is 2. The first kappa shape index (κ1) is 18.7. The number of fused-ring (bicyclic) bond motifs is 1. The minimum atomic E-state index is -0.664. The Morgan fingerprint density at radius 3 is 2.68 bits per heavy atom. The van der Waals surface area contributed by atoms with Gasteiger partial charge in [-0.25, -0.2) is 5.01 Å². The molecule has 2 aliphatic rings. The molecule has 3 aromatic rings. The largest absolute Gasteiger partial charge is 0.459 e. The molecule has 10 heteroatoms. The van der Waals surface area contributed by atoms with Gasteiger partial charge < -0.3 is 9.73 Å². The average molecular weight is 415 g/mol. The van der Waals surface area contributed by atoms with Gasteiger partial charge in [-0.05, 0) is 38.1 Å². The highest BCUT2D eigenvalue weighted by Crippen LogP contribution is 2.26. The zero-order valence-electron chi connectivity index (χ0n) is 16.7. The van der Waals surface area contributed by atoms with E-state index in [1.807, 2.05) is 31.2 Å². The summed E-state index contributed by atoms with van der Waals surface area (Å²) in [5.41, 5.74) is 2.50. The van der Waals surface area contributed by atoms with Crippen molar-refractivity contribution in [2.24, 2.45) is 21.0 Å². The Balaban J connectivity index is 1.50. The molecule has 0 bridgehead atoms. The van der Waals surface area contributed by atoms with Gasteiger partial charge in [0, 0.05) is 12.3 Å². The number of amidine groups is 1. The van der Waals surface area contributed by atoms with Crippen LogP contribution >= 0.6 is 0 Å². The Bertz CT molecular complexity index is 1270. The van der Waals surface area contributed by atoms with E-state index in [2.05, 4.69) is 25.5 Å². The molecule has 2 aromatic heterocycles. The maximum absolute atomic E-state index is 12.7. The SMILES string of the molecule is Cc1ccc(N2N=CC3C(=O)N=C(n4nc(C)cc4NC(=O)c4ccco4)N=C32)cc1. The lowest BCUT2D eigenvalue weighted by atomic mass is 10.1. The summed E-state index contributed by atoms with van der Waals surface area (Å²) < 4.78 is 6.45. The van der Waals surface area contributed by atoms with E-state index in [1.165, 1.54) is 17.2 Å². The van der Waals surface area contributed by atoms with Gasteiger partial charge in [-0.15, -0.1) is 0 Å². The standard InChI is InChI=1S/C21H17N7O3/c1-12-5-7-14(8-6-12)27-18-15(11-22-27)19(29)25-21(24-18)28-17(10-13(2)26-28)23-20(30)16-4-3-9-31-16/h3-11,15H,1-2H3,(H,23,30). The number of nitrogens with zero attached hydrogens (tertiary/aromatic N) is 6. The van der Waals surface area contributed by atoms with Crippen molar-refractivity contribution in [3.63, 3.8) is 0 Å². The van der Waals surface area contributed by atoms with Crippen LogP contribution in [0.15, 0.2) is 68.2 Å². The first-order valence-corrected chi connectivity index (χ1v) is 9.53. The highest BCUT2D eigenvalue weighted by Gasteiger charge is 2.37. The van der Waals surface area contributed by atoms with Gasteiger partial charge in [0.25, 0.3) is 17.8 Å². The van der Waals surface area contributed by atoms with Crippen molar-refractivity contribution in [1.29, 1.82) is 0 Å². The lowest BCUT2D eigenvalue weighted by Gasteiger charge is -2.20. The van der Waals surface area contributed by atoms with Crippen LogP contribution in [0.4, 0.5) is 11.5 Å². The van der Waals surface area contributed by atoms with Gasteiger partial charge in [0.15, 0.2) is 11.6 Å². The summed E-state index contributed by atoms with van der Waals surface area (Å²) in [5, 5.41) is 13.0. The monoisotopic (exact) mass is 415 g/mol. The number of hydrazone groups is 1. The van der Waals surface area contributed by atoms with Crippen molar-refractivity contribution in [1.82, 2.24) is 9.78 Å². The summed E-state index contributed by atoms with van der Waals surface area (Å²) in [6.07, 6.45) is 2.93. The van der Waals surface area contributed by atoms with Gasteiger partial charge in [-0.2, -0.15) is 24.9 Å². The highest BCUT2D eigenvalue weighted by molar-refractivity contribution is 6.29. The number of nitrogens with one attached hydrogen (secondary N) is 1. The Morgan fingerprint density at radius 1 is 1.13 bits per heavy atom. The van der Waals surface area contributed by atoms with E-state index < -0.39 is 17.7 Å². The van der Waals surface area contributed by atoms with Crippen molar-refractivity contribution in [2.75, 3.05) is 10.3 Å². The third-order valence-corrected chi connectivity index (χ3v) is 4.80. The number of aromatic nitrogens is 2. The number of carbonyl (C=O) groups is 2. The summed E-state index contributed by atoms with van der Waals surface area (Å²) in [6.45, 7) is 3.75. The Morgan fingerprint density at radius 2 is 1.94 bits per heavy atom. The van der Waals surface area contributed by atoms with Gasteiger partial charge >= 0.3 is 0 Å². The average Bonchev–Trinajstić information content (AvgIpc) is 3.48. The molecule has 2 aliphatic heterocycles. The molecule has 10 nitrogen and oxygen atoms in total. The smallest absolute Gasteiger partial charge is 0.292 e. The topological polar surface area (TPSA) is 117 Å². The number of anilines is 2. The summed E-state index contributed by atoms with van der Waals surface area (Å²) in [5.74, 6) is -0.596. The van der Waals surface area contributed by atoms with Crippen molar-refractivity contribution in [3.05, 3.63) is 65.7 Å². The first-order chi connectivity index (χ1) is 15.0. The molecule has 0 saturated heterocycles. The molecular weight excluding hydrogens is 398 g/mol. The van der Waals surface area contributed by atoms with Crippen LogP contribution in [-0.2, 0) is 4.79 Å². The molecule has 2 amide bonds. The molecular formula is C21H17N7O3. The van der Waals surface area contributed by atoms with Gasteiger partial charge in [-0.3, -0.25) is 9.59 Å². The summed E-state index contributed by atoms with van der Waals surface area (Å²) in [4.78, 5) is 33.7. The maximum atomic E-state index is 12.7. The fourth-order valence-electron chi connectivity index (χ4n) is 3.28. The lowest BCUT2D eigenvalue weighted by Crippen LogP contribution is -2.36. The summed E-state index contributed by atoms with van der Waals surface area (Å²) in [7, 11) is 0. The predicted molar refractivity (Wildman–Crippen MR) is 115 cm³/mol. The maximum Gasteiger partial charge on any atom is 0.292 e. The van der Waals surface area contributed by atoms with E-state index in [0.717, 1.165) is 11.3 Å². The van der Waals surface area contributed by atoms with Crippen LogP contribution in [0.1, 0.15) is 21.8 Å². The van der Waals surface area contributed by atoms with Crippen LogP contribution in [0.3, 0.4) is 0 Å². The van der Waals surface area contributed by atoms with Crippen LogP contribution < -0.4 is 10.3 Å². The van der Waals surface area contributed by atoms with Crippen molar-refractivity contribution < 1.29 is 14.0 Å². The molecule has 1 N–H and O–H groups in total. The number of rotatable bonds is 3. The molecule has 5 rings (SSSR count). The number of hydrogen-bond donors (Lipinski definition) is 1. The van der Waals surface area contributed by atoms with E-state index >= 15 is 0 Å². The molecule has 0 spiro atoms. The Labute approximate surface area is 176 Å². The predicted octanol–water partition coefficient (Wildman–Crippen LogP) is 2.61. The quantitative estimate of drug-likeness (QED) is 0.706. The van der Waals surface area contributed by atoms with E-state index in [0.29, 0.717) is 17.3 Å². The third kappa shape index (κ3) is 3.33. The van der Waals surface area contributed by atoms with E-state index in [1.54, 1.807) is 30.1 Å². The molecule has 154 valence electrons. The molecule has 1 unspecified atom stereocenters. The fraction of sp³-hybridized carbons (Fsp3) is 0.143. The second-order valence-corrected chi connectivity index (χ2v) is 7.12. The van der Waals surface area contributed by atoms with E-state index in [4.69, 9.17) is 4.42 Å². The van der Waals surface area contributed by atoms with E-state index in [-0.39, 0.29) is 11.7 Å². The van der Waals surface area contributed by atoms with Crippen molar-refractivity contribution in [2.45, 2.75) is 13.8 Å². The number of furan rings is 1. The second kappa shape index (κ2) is 7.17. The normalized spacial score (nSPS) is 17.4. The number of benzene rings is 1. The zero-order valence-corrected chi connectivity index (χ0v) is 16.7. The van der Waals surface area contributed by atoms with Crippen molar-refractivity contribution >= 4 is 41.3 Å². The van der Waals surface area contributed by atoms with Gasteiger partial charge in [0.1, 0.15) is 11.7 Å². The molecule has 0 aliphatic carbocycles. The number of hydrogen-bond acceptors (Lipinski definition) is 7. The Kier molecular flexibility index (Phi) is 4.32. The third-order valence-electron chi connectivity index (χ3n) is 4.80. The molecule has 0 fully saturated rings. The van der Waals surface area contributed by atoms with Gasteiger partial charge in [0.05, 0.1) is 17.6 Å². The number of amides is 2. The molecule has 1 aromatic carbocycles. The molecule has 31 heavy (non-hydrogen) atoms. The van der Waals surface area contributed by atoms with Crippen molar-refractivity contribution in [3.8, 4) is 0 Å². The van der Waals surface area contributed by atoms with Crippen LogP contribution in [0, 0.1) is 19.8 Å². The molecule has 4 heterocycles. The summed E-state index contributed by atoms with van der Waals surface area (Å²) >= 11 is 0. The van der Waals surface area contributed by atoms with E-state index in [9.17, 15) is 9.59 Å². The number of aryl methyl sites for hydroxylation is 2. The Hall–Kier alpha value is -4.34.